The van der Waals surface area contributed by atoms with Crippen molar-refractivity contribution in [1.29, 1.82) is 0 Å². The lowest BCUT2D eigenvalue weighted by Crippen LogP contribution is -2.28. The van der Waals surface area contributed by atoms with Gasteiger partial charge >= 0.3 is 0 Å². The summed E-state index contributed by atoms with van der Waals surface area (Å²) in [5, 5.41) is 8.36. The molecule has 2 aromatic heterocycles. The monoisotopic (exact) mass is 387 g/mol. The van der Waals surface area contributed by atoms with E-state index >= 15 is 0 Å². The van der Waals surface area contributed by atoms with Crippen molar-refractivity contribution in [3.8, 4) is 11.3 Å². The number of hydrogen-bond acceptors (Lipinski definition) is 4. The summed E-state index contributed by atoms with van der Waals surface area (Å²) in [5.74, 6) is 1.64. The van der Waals surface area contributed by atoms with E-state index in [0.29, 0.717) is 32.0 Å². The Morgan fingerprint density at radius 1 is 1.19 bits per heavy atom. The molecule has 1 aliphatic heterocycles. The predicted octanol–water partition coefficient (Wildman–Crippen LogP) is 4.81. The fourth-order valence-electron chi connectivity index (χ4n) is 4.71. The van der Waals surface area contributed by atoms with Crippen LogP contribution in [0, 0.1) is 16.7 Å². The number of hydrogen-bond donors (Lipinski definition) is 1. The van der Waals surface area contributed by atoms with Crippen LogP contribution < -0.4 is 4.90 Å². The molecule has 3 atom stereocenters. The molecule has 26 heavy (non-hydrogen) atoms. The van der Waals surface area contributed by atoms with Crippen molar-refractivity contribution in [1.82, 2.24) is 20.2 Å². The van der Waals surface area contributed by atoms with Crippen molar-refractivity contribution in [3.05, 3.63) is 34.4 Å². The van der Waals surface area contributed by atoms with E-state index in [1.54, 1.807) is 6.07 Å². The molecule has 134 valence electrons. The summed E-state index contributed by atoms with van der Waals surface area (Å²) in [6.07, 6.45) is 1.84. The van der Waals surface area contributed by atoms with E-state index in [0.717, 1.165) is 36.1 Å². The number of benzene rings is 1. The Balaban J connectivity index is 1.52. The first-order valence-electron chi connectivity index (χ1n) is 8.75. The highest BCUT2D eigenvalue weighted by Crippen LogP contribution is 2.72. The van der Waals surface area contributed by atoms with Gasteiger partial charge in [0.25, 0.3) is 0 Å². The SMILES string of the molecule is CC1[C@]2(C)CN(c3cnc4c(-c5cccc(Cl)c5Cl)[nH]nc4n3)C[C@]12C. The highest BCUT2D eigenvalue weighted by atomic mass is 35.5. The van der Waals surface area contributed by atoms with Gasteiger partial charge in [-0.2, -0.15) is 5.10 Å². The molecule has 3 aromatic rings. The molecule has 5 nitrogen and oxygen atoms in total. The largest absolute Gasteiger partial charge is 0.354 e. The summed E-state index contributed by atoms with van der Waals surface area (Å²) in [6, 6.07) is 5.52. The van der Waals surface area contributed by atoms with Gasteiger partial charge in [-0.3, -0.25) is 5.10 Å². The molecular weight excluding hydrogens is 369 g/mol. The van der Waals surface area contributed by atoms with E-state index in [1.165, 1.54) is 0 Å². The summed E-state index contributed by atoms with van der Waals surface area (Å²) < 4.78 is 0. The van der Waals surface area contributed by atoms with Crippen LogP contribution in [-0.2, 0) is 0 Å². The number of nitrogens with zero attached hydrogens (tertiary/aromatic N) is 4. The minimum absolute atomic E-state index is 0.370. The summed E-state index contributed by atoms with van der Waals surface area (Å²) in [4.78, 5) is 11.7. The van der Waals surface area contributed by atoms with Gasteiger partial charge in [0.05, 0.1) is 21.9 Å². The van der Waals surface area contributed by atoms with Gasteiger partial charge < -0.3 is 4.90 Å². The highest BCUT2D eigenvalue weighted by molar-refractivity contribution is 6.43. The van der Waals surface area contributed by atoms with Gasteiger partial charge in [0.2, 0.25) is 5.65 Å². The molecule has 0 radical (unpaired) electrons. The third-order valence-corrected chi connectivity index (χ3v) is 7.79. The number of fused-ring (bicyclic) bond motifs is 2. The maximum atomic E-state index is 6.35. The van der Waals surface area contributed by atoms with Crippen molar-refractivity contribution < 1.29 is 0 Å². The van der Waals surface area contributed by atoms with Crippen molar-refractivity contribution in [2.75, 3.05) is 18.0 Å². The lowest BCUT2D eigenvalue weighted by molar-refractivity contribution is 0.494. The Morgan fingerprint density at radius 2 is 1.92 bits per heavy atom. The maximum Gasteiger partial charge on any atom is 0.202 e. The van der Waals surface area contributed by atoms with E-state index in [2.05, 4.69) is 40.9 Å². The smallest absolute Gasteiger partial charge is 0.202 e. The second kappa shape index (κ2) is 5.11. The van der Waals surface area contributed by atoms with E-state index in [-0.39, 0.29) is 0 Å². The molecule has 3 heterocycles. The molecule has 0 amide bonds. The van der Waals surface area contributed by atoms with Gasteiger partial charge in [-0.1, -0.05) is 56.1 Å². The Morgan fingerprint density at radius 3 is 2.65 bits per heavy atom. The standard InChI is InChI=1S/C19H19Cl2N5/c1-10-18(2)8-26(9-19(10,18)3)13-7-22-16-15(24-25-17(16)23-13)11-5-4-6-12(20)14(11)21/h4-7,10H,8-9H2,1-3H3,(H,23,24,25)/t10?,18-,19+. The topological polar surface area (TPSA) is 57.7 Å². The molecule has 1 unspecified atom stereocenters. The average molecular weight is 388 g/mol. The molecule has 1 aromatic carbocycles. The fraction of sp³-hybridized carbons (Fsp3) is 0.421. The normalized spacial score (nSPS) is 30.0. The van der Waals surface area contributed by atoms with Gasteiger partial charge in [0.1, 0.15) is 11.3 Å². The van der Waals surface area contributed by atoms with Crippen LogP contribution in [0.3, 0.4) is 0 Å². The summed E-state index contributed by atoms with van der Waals surface area (Å²) in [5.41, 5.74) is 3.55. The van der Waals surface area contributed by atoms with Crippen molar-refractivity contribution in [2.24, 2.45) is 16.7 Å². The van der Waals surface area contributed by atoms with Crippen LogP contribution in [0.25, 0.3) is 22.4 Å². The number of piperidine rings is 1. The molecular formula is C19H19Cl2N5. The number of halogens is 2. The Kier molecular flexibility index (Phi) is 3.21. The van der Waals surface area contributed by atoms with E-state index in [4.69, 9.17) is 28.2 Å². The zero-order chi connectivity index (χ0) is 18.3. The van der Waals surface area contributed by atoms with Crippen LogP contribution in [0.1, 0.15) is 20.8 Å². The summed E-state index contributed by atoms with van der Waals surface area (Å²) >= 11 is 12.5. The van der Waals surface area contributed by atoms with Gasteiger partial charge in [-0.15, -0.1) is 0 Å². The third-order valence-electron chi connectivity index (χ3n) is 6.97. The number of H-pyrrole nitrogens is 1. The minimum Gasteiger partial charge on any atom is -0.354 e. The highest BCUT2D eigenvalue weighted by Gasteiger charge is 2.72. The number of nitrogens with one attached hydrogen (secondary N) is 1. The molecule has 0 spiro atoms. The van der Waals surface area contributed by atoms with Gasteiger partial charge in [-0.05, 0) is 22.8 Å². The molecule has 1 aliphatic carbocycles. The molecule has 0 bridgehead atoms. The number of aromatic nitrogens is 4. The first kappa shape index (κ1) is 16.3. The number of aromatic amines is 1. The Hall–Kier alpha value is -1.85. The van der Waals surface area contributed by atoms with Crippen LogP contribution in [0.5, 0.6) is 0 Å². The van der Waals surface area contributed by atoms with Gasteiger partial charge in [-0.25, -0.2) is 9.97 Å². The maximum absolute atomic E-state index is 6.35. The summed E-state index contributed by atoms with van der Waals surface area (Å²) in [6.45, 7) is 9.13. The lowest BCUT2D eigenvalue weighted by atomic mass is 10.0. The van der Waals surface area contributed by atoms with Crippen LogP contribution in [0.15, 0.2) is 24.4 Å². The number of rotatable bonds is 2. The zero-order valence-corrected chi connectivity index (χ0v) is 16.4. The predicted molar refractivity (Wildman–Crippen MR) is 105 cm³/mol. The summed E-state index contributed by atoms with van der Waals surface area (Å²) in [7, 11) is 0. The first-order valence-corrected chi connectivity index (χ1v) is 9.51. The molecule has 2 fully saturated rings. The van der Waals surface area contributed by atoms with Crippen LogP contribution >= 0.6 is 23.2 Å². The Labute approximate surface area is 161 Å². The number of anilines is 1. The lowest BCUT2D eigenvalue weighted by Gasteiger charge is -2.22. The second-order valence-corrected chi connectivity index (χ2v) is 8.80. The molecule has 7 heteroatoms. The quantitative estimate of drug-likeness (QED) is 0.685. The average Bonchev–Trinajstić information content (AvgIpc) is 2.99. The molecule has 2 aliphatic rings. The first-order chi connectivity index (χ1) is 12.3. The van der Waals surface area contributed by atoms with E-state index in [9.17, 15) is 0 Å². The third kappa shape index (κ3) is 1.96. The van der Waals surface area contributed by atoms with Crippen LogP contribution in [0.2, 0.25) is 10.0 Å². The molecule has 1 saturated heterocycles. The minimum atomic E-state index is 0.370. The fourth-order valence-corrected chi connectivity index (χ4v) is 5.11. The molecule has 1 N–H and O–H groups in total. The molecule has 5 rings (SSSR count). The van der Waals surface area contributed by atoms with Crippen molar-refractivity contribution >= 4 is 40.2 Å². The van der Waals surface area contributed by atoms with E-state index < -0.39 is 0 Å². The van der Waals surface area contributed by atoms with Crippen LogP contribution in [0.4, 0.5) is 5.82 Å². The Bertz CT molecular complexity index is 1030. The van der Waals surface area contributed by atoms with E-state index in [1.807, 2.05) is 18.3 Å². The van der Waals surface area contributed by atoms with Gasteiger partial charge in [0.15, 0.2) is 0 Å². The molecule has 1 saturated carbocycles. The van der Waals surface area contributed by atoms with Crippen molar-refractivity contribution in [2.45, 2.75) is 20.8 Å². The van der Waals surface area contributed by atoms with Gasteiger partial charge in [0, 0.05) is 18.7 Å². The van der Waals surface area contributed by atoms with Crippen LogP contribution in [-0.4, -0.2) is 33.3 Å². The second-order valence-electron chi connectivity index (χ2n) is 8.01. The zero-order valence-electron chi connectivity index (χ0n) is 14.8. The van der Waals surface area contributed by atoms with Crippen molar-refractivity contribution in [3.63, 3.8) is 0 Å².